The monoisotopic (exact) mass is 584 g/mol. The van der Waals surface area contributed by atoms with Gasteiger partial charge in [-0.3, -0.25) is 9.10 Å². The summed E-state index contributed by atoms with van der Waals surface area (Å²) in [5.41, 5.74) is -7.12. The minimum atomic E-state index is -6.12. The number of halogens is 7. The third kappa shape index (κ3) is 6.22. The van der Waals surface area contributed by atoms with Crippen LogP contribution in [0.3, 0.4) is 0 Å². The van der Waals surface area contributed by atoms with Crippen LogP contribution in [0.15, 0.2) is 47.4 Å². The van der Waals surface area contributed by atoms with Gasteiger partial charge in [0, 0.05) is 18.4 Å². The molecule has 1 N–H and O–H groups in total. The number of nitrogens with zero attached hydrogens (tertiary/aromatic N) is 2. The van der Waals surface area contributed by atoms with E-state index in [1.807, 2.05) is 19.0 Å². The molecule has 0 spiro atoms. The van der Waals surface area contributed by atoms with Crippen LogP contribution in [0.1, 0.15) is 36.8 Å². The van der Waals surface area contributed by atoms with Crippen molar-refractivity contribution in [2.24, 2.45) is 0 Å². The highest BCUT2D eigenvalue weighted by Crippen LogP contribution is 2.51. The van der Waals surface area contributed by atoms with Crippen LogP contribution in [0.4, 0.5) is 36.4 Å². The molecule has 216 valence electrons. The SMILES string of the molecule is CN(C)CCCC(=O)C[C@@H]1CCc2cc(C(O)(C(F)(F)F)C(F)(F)F)ccc2N1S(=O)(=O)c1ccc(F)cc1. The molecule has 0 aliphatic carbocycles. The fraction of sp³-hybridized carbons (Fsp3) is 0.480. The number of carbonyl (C=O) groups is 1. The van der Waals surface area contributed by atoms with Gasteiger partial charge < -0.3 is 10.0 Å². The van der Waals surface area contributed by atoms with Gasteiger partial charge in [0.2, 0.25) is 0 Å². The van der Waals surface area contributed by atoms with Crippen molar-refractivity contribution in [3.63, 3.8) is 0 Å². The van der Waals surface area contributed by atoms with E-state index in [1.165, 1.54) is 0 Å². The highest BCUT2D eigenvalue weighted by Gasteiger charge is 2.71. The quantitative estimate of drug-likeness (QED) is 0.423. The Morgan fingerprint density at radius 2 is 1.62 bits per heavy atom. The maximum Gasteiger partial charge on any atom is 0.430 e. The van der Waals surface area contributed by atoms with Crippen molar-refractivity contribution in [3.05, 3.63) is 59.4 Å². The summed E-state index contributed by atoms with van der Waals surface area (Å²) in [6.07, 6.45) is -12.1. The van der Waals surface area contributed by atoms with Gasteiger partial charge in [0.1, 0.15) is 11.6 Å². The molecule has 1 aliphatic rings. The van der Waals surface area contributed by atoms with Crippen LogP contribution < -0.4 is 4.31 Å². The van der Waals surface area contributed by atoms with Gasteiger partial charge in [-0.05, 0) is 75.8 Å². The molecule has 2 aromatic rings. The number of carbonyl (C=O) groups excluding carboxylic acids is 1. The molecule has 3 rings (SSSR count). The summed E-state index contributed by atoms with van der Waals surface area (Å²) in [4.78, 5) is 14.2. The molecular weight excluding hydrogens is 557 g/mol. The first-order valence-corrected chi connectivity index (χ1v) is 13.3. The van der Waals surface area contributed by atoms with E-state index >= 15 is 0 Å². The zero-order valence-corrected chi connectivity index (χ0v) is 21.8. The van der Waals surface area contributed by atoms with Crippen LogP contribution in [0.2, 0.25) is 0 Å². The number of Topliss-reactive ketones (excluding diaryl/α,β-unsaturated/α-hetero) is 1. The molecule has 0 amide bonds. The zero-order valence-electron chi connectivity index (χ0n) is 21.0. The Labute approximate surface area is 221 Å². The van der Waals surface area contributed by atoms with Crippen LogP contribution in [0, 0.1) is 5.82 Å². The van der Waals surface area contributed by atoms with Crippen LogP contribution in [0.25, 0.3) is 0 Å². The van der Waals surface area contributed by atoms with Gasteiger partial charge in [0.25, 0.3) is 15.6 Å². The lowest BCUT2D eigenvalue weighted by molar-refractivity contribution is -0.376. The molecule has 1 heterocycles. The van der Waals surface area contributed by atoms with Crippen LogP contribution in [0.5, 0.6) is 0 Å². The van der Waals surface area contributed by atoms with Crippen molar-refractivity contribution >= 4 is 21.5 Å². The standard InChI is InChI=1S/C25H27F7N2O4S/c1-33(2)13-3-4-20(35)15-19-9-5-16-14-17(23(36,24(27,28)29)25(30,31)32)6-12-22(16)34(19)39(37,38)21-10-7-18(26)8-11-21/h6-8,10-12,14,19,36H,3-5,9,13,15H2,1-2H3/t19-/m0/s1. The molecule has 1 atom stereocenters. The summed E-state index contributed by atoms with van der Waals surface area (Å²) in [5.74, 6) is -1.01. The molecule has 6 nitrogen and oxygen atoms in total. The second-order valence-electron chi connectivity index (χ2n) is 9.65. The number of sulfonamides is 1. The summed E-state index contributed by atoms with van der Waals surface area (Å²) in [6.45, 7) is 0.598. The lowest BCUT2D eigenvalue weighted by Crippen LogP contribution is -2.54. The minimum absolute atomic E-state index is 0.0905. The van der Waals surface area contributed by atoms with E-state index in [-0.39, 0.29) is 47.6 Å². The van der Waals surface area contributed by atoms with E-state index in [4.69, 9.17) is 0 Å². The lowest BCUT2D eigenvalue weighted by atomic mass is 9.87. The second-order valence-corrected chi connectivity index (χ2v) is 11.5. The molecule has 0 radical (unpaired) electrons. The largest absolute Gasteiger partial charge is 0.430 e. The number of aryl methyl sites for hydroxylation is 1. The van der Waals surface area contributed by atoms with E-state index in [1.54, 1.807) is 0 Å². The molecule has 2 aromatic carbocycles. The molecule has 39 heavy (non-hydrogen) atoms. The van der Waals surface area contributed by atoms with Crippen molar-refractivity contribution in [2.75, 3.05) is 24.9 Å². The predicted octanol–water partition coefficient (Wildman–Crippen LogP) is 4.95. The summed E-state index contributed by atoms with van der Waals surface area (Å²) in [5, 5.41) is 9.81. The summed E-state index contributed by atoms with van der Waals surface area (Å²) >= 11 is 0. The first-order chi connectivity index (χ1) is 17.9. The number of hydrogen-bond acceptors (Lipinski definition) is 5. The Kier molecular flexibility index (Phi) is 8.73. The summed E-state index contributed by atoms with van der Waals surface area (Å²) in [7, 11) is -0.903. The molecule has 0 saturated carbocycles. The summed E-state index contributed by atoms with van der Waals surface area (Å²) in [6, 6.07) is 4.33. The maximum absolute atomic E-state index is 13.6. The lowest BCUT2D eigenvalue weighted by Gasteiger charge is -2.39. The van der Waals surface area contributed by atoms with Crippen LogP contribution >= 0.6 is 0 Å². The van der Waals surface area contributed by atoms with Crippen molar-refractivity contribution < 1.29 is 49.1 Å². The van der Waals surface area contributed by atoms with Gasteiger partial charge in [-0.25, -0.2) is 12.8 Å². The molecule has 0 unspecified atom stereocenters. The fourth-order valence-corrected chi connectivity index (χ4v) is 6.25. The number of hydrogen-bond donors (Lipinski definition) is 1. The van der Waals surface area contributed by atoms with E-state index in [0.29, 0.717) is 25.1 Å². The topological polar surface area (TPSA) is 77.9 Å². The number of benzene rings is 2. The fourth-order valence-electron chi connectivity index (χ4n) is 4.54. The molecule has 1 aliphatic heterocycles. The van der Waals surface area contributed by atoms with Gasteiger partial charge in [0.15, 0.2) is 0 Å². The molecule has 0 bridgehead atoms. The van der Waals surface area contributed by atoms with Crippen molar-refractivity contribution in [2.45, 2.75) is 61.0 Å². The Hall–Kier alpha value is -2.71. The molecular formula is C25H27F7N2O4S. The Morgan fingerprint density at radius 3 is 2.15 bits per heavy atom. The average Bonchev–Trinajstić information content (AvgIpc) is 2.81. The first-order valence-electron chi connectivity index (χ1n) is 11.8. The maximum atomic E-state index is 13.6. The first kappa shape index (κ1) is 30.8. The third-order valence-corrected chi connectivity index (χ3v) is 8.41. The van der Waals surface area contributed by atoms with Crippen molar-refractivity contribution in [1.29, 1.82) is 0 Å². The third-order valence-electron chi connectivity index (χ3n) is 6.53. The molecule has 0 fully saturated rings. The smallest absolute Gasteiger partial charge is 0.369 e. The number of ketones is 1. The summed E-state index contributed by atoms with van der Waals surface area (Å²) < 4.78 is 122. The van der Waals surface area contributed by atoms with Crippen molar-refractivity contribution in [1.82, 2.24) is 4.90 Å². The van der Waals surface area contributed by atoms with Crippen molar-refractivity contribution in [3.8, 4) is 0 Å². The Morgan fingerprint density at radius 1 is 1.03 bits per heavy atom. The van der Waals surface area contributed by atoms with Gasteiger partial charge in [-0.1, -0.05) is 12.1 Å². The van der Waals surface area contributed by atoms with Crippen LogP contribution in [-0.2, 0) is 26.8 Å². The second kappa shape index (κ2) is 11.0. The van der Waals surface area contributed by atoms with Gasteiger partial charge in [0.05, 0.1) is 16.6 Å². The van der Waals surface area contributed by atoms with E-state index in [0.717, 1.165) is 34.6 Å². The molecule has 0 saturated heterocycles. The highest BCUT2D eigenvalue weighted by atomic mass is 32.2. The van der Waals surface area contributed by atoms with Crippen LogP contribution in [-0.4, -0.2) is 63.2 Å². The Bertz CT molecular complexity index is 1280. The molecule has 0 aromatic heterocycles. The minimum Gasteiger partial charge on any atom is -0.369 e. The Balaban J connectivity index is 2.09. The molecule has 14 heteroatoms. The van der Waals surface area contributed by atoms with Gasteiger partial charge in [-0.15, -0.1) is 0 Å². The van der Waals surface area contributed by atoms with Gasteiger partial charge >= 0.3 is 12.4 Å². The number of fused-ring (bicyclic) bond motifs is 1. The normalized spacial score (nSPS) is 16.9. The number of rotatable bonds is 9. The van der Waals surface area contributed by atoms with E-state index < -0.39 is 45.4 Å². The predicted molar refractivity (Wildman–Crippen MR) is 128 cm³/mol. The number of aliphatic hydroxyl groups is 1. The van der Waals surface area contributed by atoms with Gasteiger partial charge in [-0.2, -0.15) is 26.3 Å². The van der Waals surface area contributed by atoms with E-state index in [2.05, 4.69) is 0 Å². The highest BCUT2D eigenvalue weighted by molar-refractivity contribution is 7.92. The average molecular weight is 585 g/mol. The number of alkyl halides is 6. The zero-order chi connectivity index (χ0) is 29.4. The number of anilines is 1. The van der Waals surface area contributed by atoms with E-state index in [9.17, 15) is 49.1 Å².